The molecule has 2 unspecified atom stereocenters. The molecule has 0 radical (unpaired) electrons. The molecule has 3 rings (SSSR count). The smallest absolute Gasteiger partial charge is 0.255 e. The molecule has 30 heavy (non-hydrogen) atoms. The number of aromatic nitrogens is 3. The molecular weight excluding hydrogens is 382 g/mol. The average Bonchev–Trinajstić information content (AvgIpc) is 3.02. The van der Waals surface area contributed by atoms with E-state index in [-0.39, 0.29) is 29.9 Å². The summed E-state index contributed by atoms with van der Waals surface area (Å²) in [7, 11) is 3.20. The highest BCUT2D eigenvalue weighted by molar-refractivity contribution is 6.08. The summed E-state index contributed by atoms with van der Waals surface area (Å²) < 4.78 is 12.9. The number of aromatic amines is 1. The standard InChI is InChI=1S/C23H29N3O4/c1-13-12-20(30-6)17(23(28)25-13)9-10-19(27)21-15(3)26(14(2)16(4)29-5)22-18(21)8-7-11-24-22/h7-8,11-12,14,16H,9-10H2,1-6H3,(H,25,28). The van der Waals surface area contributed by atoms with Crippen LogP contribution in [-0.4, -0.2) is 40.6 Å². The van der Waals surface area contributed by atoms with Crippen molar-refractivity contribution >= 4 is 16.8 Å². The van der Waals surface area contributed by atoms with E-state index >= 15 is 0 Å². The lowest BCUT2D eigenvalue weighted by Crippen LogP contribution is -2.22. The molecule has 0 saturated heterocycles. The number of fused-ring (bicyclic) bond motifs is 1. The number of methoxy groups -OCH3 is 2. The zero-order chi connectivity index (χ0) is 22.0. The van der Waals surface area contributed by atoms with Gasteiger partial charge in [0.25, 0.3) is 5.56 Å². The highest BCUT2D eigenvalue weighted by Crippen LogP contribution is 2.31. The molecule has 0 amide bonds. The second-order valence-corrected chi connectivity index (χ2v) is 7.64. The quantitative estimate of drug-likeness (QED) is 0.571. The van der Waals surface area contributed by atoms with Gasteiger partial charge in [-0.3, -0.25) is 9.59 Å². The van der Waals surface area contributed by atoms with Crippen molar-refractivity contribution < 1.29 is 14.3 Å². The summed E-state index contributed by atoms with van der Waals surface area (Å²) >= 11 is 0. The number of carbonyl (C=O) groups is 1. The Kier molecular flexibility index (Phi) is 6.41. The average molecular weight is 412 g/mol. The molecule has 0 bridgehead atoms. The number of hydrogen-bond acceptors (Lipinski definition) is 5. The molecule has 3 aromatic rings. The van der Waals surface area contributed by atoms with E-state index in [1.165, 1.54) is 7.11 Å². The minimum absolute atomic E-state index is 0.00832. The van der Waals surface area contributed by atoms with Gasteiger partial charge in [-0.2, -0.15) is 0 Å². The first kappa shape index (κ1) is 21.8. The van der Waals surface area contributed by atoms with E-state index < -0.39 is 0 Å². The molecule has 0 aliphatic rings. The van der Waals surface area contributed by atoms with Crippen LogP contribution >= 0.6 is 0 Å². The number of ether oxygens (including phenoxy) is 2. The summed E-state index contributed by atoms with van der Waals surface area (Å²) in [4.78, 5) is 33.0. The third-order valence-electron chi connectivity index (χ3n) is 5.80. The first-order valence-electron chi connectivity index (χ1n) is 10.1. The Morgan fingerprint density at radius 2 is 2.00 bits per heavy atom. The summed E-state index contributed by atoms with van der Waals surface area (Å²) in [6.45, 7) is 7.79. The molecule has 1 N–H and O–H groups in total. The minimum Gasteiger partial charge on any atom is -0.496 e. The maximum atomic E-state index is 13.3. The molecule has 3 aromatic heterocycles. The lowest BCUT2D eigenvalue weighted by molar-refractivity contribution is 0.0782. The normalized spacial score (nSPS) is 13.4. The van der Waals surface area contributed by atoms with Gasteiger partial charge in [-0.25, -0.2) is 4.98 Å². The largest absolute Gasteiger partial charge is 0.496 e. The van der Waals surface area contributed by atoms with Crippen LogP contribution < -0.4 is 10.3 Å². The molecule has 0 saturated carbocycles. The van der Waals surface area contributed by atoms with E-state index in [1.807, 2.05) is 26.0 Å². The van der Waals surface area contributed by atoms with Crippen LogP contribution in [0.5, 0.6) is 5.75 Å². The first-order valence-corrected chi connectivity index (χ1v) is 10.1. The van der Waals surface area contributed by atoms with Crippen molar-refractivity contribution in [3.8, 4) is 5.75 Å². The van der Waals surface area contributed by atoms with Crippen molar-refractivity contribution in [3.63, 3.8) is 0 Å². The molecular formula is C23H29N3O4. The summed E-state index contributed by atoms with van der Waals surface area (Å²) in [5, 5.41) is 0.819. The van der Waals surface area contributed by atoms with Gasteiger partial charge in [0.15, 0.2) is 5.78 Å². The lowest BCUT2D eigenvalue weighted by Gasteiger charge is -2.22. The number of H-pyrrole nitrogens is 1. The molecule has 0 aromatic carbocycles. The third kappa shape index (κ3) is 3.89. The van der Waals surface area contributed by atoms with Gasteiger partial charge in [0.1, 0.15) is 11.4 Å². The number of Topliss-reactive ketones (excluding diaryl/α,β-unsaturated/α-hetero) is 1. The second-order valence-electron chi connectivity index (χ2n) is 7.64. The molecule has 0 fully saturated rings. The van der Waals surface area contributed by atoms with Gasteiger partial charge in [0.05, 0.1) is 24.8 Å². The van der Waals surface area contributed by atoms with Gasteiger partial charge in [0, 0.05) is 42.1 Å². The number of nitrogens with zero attached hydrogens (tertiary/aromatic N) is 2. The number of rotatable bonds is 8. The van der Waals surface area contributed by atoms with E-state index in [9.17, 15) is 9.59 Å². The molecule has 3 heterocycles. The molecule has 160 valence electrons. The van der Waals surface area contributed by atoms with E-state index in [0.717, 1.165) is 22.4 Å². The monoisotopic (exact) mass is 411 g/mol. The number of nitrogens with one attached hydrogen (secondary N) is 1. The van der Waals surface area contributed by atoms with Gasteiger partial charge < -0.3 is 19.0 Å². The molecule has 7 nitrogen and oxygen atoms in total. The Balaban J connectivity index is 1.99. The van der Waals surface area contributed by atoms with Crippen LogP contribution in [0, 0.1) is 13.8 Å². The number of carbonyl (C=O) groups excluding carboxylic acids is 1. The van der Waals surface area contributed by atoms with Crippen molar-refractivity contribution in [3.05, 3.63) is 57.3 Å². The Morgan fingerprint density at radius 3 is 2.67 bits per heavy atom. The number of ketones is 1. The highest BCUT2D eigenvalue weighted by Gasteiger charge is 2.25. The summed E-state index contributed by atoms with van der Waals surface area (Å²) in [6, 6.07) is 5.54. The van der Waals surface area contributed by atoms with Crippen molar-refractivity contribution in [2.24, 2.45) is 0 Å². The number of hydrogen-bond donors (Lipinski definition) is 1. The van der Waals surface area contributed by atoms with Crippen LogP contribution in [0.15, 0.2) is 29.2 Å². The Labute approximate surface area is 176 Å². The van der Waals surface area contributed by atoms with Gasteiger partial charge in [-0.1, -0.05) is 0 Å². The Morgan fingerprint density at radius 1 is 1.27 bits per heavy atom. The molecule has 0 aliphatic carbocycles. The van der Waals surface area contributed by atoms with Crippen molar-refractivity contribution in [2.75, 3.05) is 14.2 Å². The molecule has 7 heteroatoms. The summed E-state index contributed by atoms with van der Waals surface area (Å²) in [6.07, 6.45) is 2.19. The number of pyridine rings is 2. The first-order chi connectivity index (χ1) is 14.3. The van der Waals surface area contributed by atoms with Crippen molar-refractivity contribution in [1.29, 1.82) is 0 Å². The van der Waals surface area contributed by atoms with Crippen molar-refractivity contribution in [2.45, 2.75) is 52.7 Å². The van der Waals surface area contributed by atoms with E-state index in [1.54, 1.807) is 26.3 Å². The van der Waals surface area contributed by atoms with Crippen LogP contribution in [0.25, 0.3) is 11.0 Å². The predicted molar refractivity (Wildman–Crippen MR) is 117 cm³/mol. The van der Waals surface area contributed by atoms with Gasteiger partial charge in [-0.05, 0) is 52.3 Å². The van der Waals surface area contributed by atoms with E-state index in [0.29, 0.717) is 23.3 Å². The second kappa shape index (κ2) is 8.83. The Bertz CT molecular complexity index is 1130. The lowest BCUT2D eigenvalue weighted by atomic mass is 10.0. The van der Waals surface area contributed by atoms with Crippen LogP contribution in [-0.2, 0) is 11.2 Å². The van der Waals surface area contributed by atoms with E-state index in [2.05, 4.69) is 21.5 Å². The summed E-state index contributed by atoms with van der Waals surface area (Å²) in [5.74, 6) is 0.482. The topological polar surface area (TPSA) is 86.2 Å². The maximum Gasteiger partial charge on any atom is 0.255 e. The zero-order valence-electron chi connectivity index (χ0n) is 18.4. The van der Waals surface area contributed by atoms with E-state index in [4.69, 9.17) is 9.47 Å². The molecule has 0 spiro atoms. The fraction of sp³-hybridized carbons (Fsp3) is 0.435. The van der Waals surface area contributed by atoms with Gasteiger partial charge in [-0.15, -0.1) is 0 Å². The fourth-order valence-electron chi connectivity index (χ4n) is 3.98. The molecule has 0 aliphatic heterocycles. The molecule has 2 atom stereocenters. The third-order valence-corrected chi connectivity index (χ3v) is 5.80. The van der Waals surface area contributed by atoms with Crippen LogP contribution in [0.2, 0.25) is 0 Å². The van der Waals surface area contributed by atoms with Crippen LogP contribution in [0.3, 0.4) is 0 Å². The fourth-order valence-corrected chi connectivity index (χ4v) is 3.98. The highest BCUT2D eigenvalue weighted by atomic mass is 16.5. The van der Waals surface area contributed by atoms with Gasteiger partial charge >= 0.3 is 0 Å². The minimum atomic E-state index is -0.219. The Hall–Kier alpha value is -2.93. The predicted octanol–water partition coefficient (Wildman–Crippen LogP) is 3.76. The van der Waals surface area contributed by atoms with Gasteiger partial charge in [0.2, 0.25) is 0 Å². The zero-order valence-corrected chi connectivity index (χ0v) is 18.4. The maximum absolute atomic E-state index is 13.3. The van der Waals surface area contributed by atoms with Crippen molar-refractivity contribution in [1.82, 2.24) is 14.5 Å². The summed E-state index contributed by atoms with van der Waals surface area (Å²) in [5.41, 5.74) is 3.25. The number of aryl methyl sites for hydroxylation is 1. The van der Waals surface area contributed by atoms with Crippen LogP contribution in [0.4, 0.5) is 0 Å². The SMILES string of the molecule is COc1cc(C)[nH]c(=O)c1CCC(=O)c1c(C)n(C(C)C(C)OC)c2ncccc12. The van der Waals surface area contributed by atoms with Crippen LogP contribution in [0.1, 0.15) is 53.6 Å².